The van der Waals surface area contributed by atoms with E-state index in [2.05, 4.69) is 15.1 Å². The monoisotopic (exact) mass is 444 g/mol. The number of hydrogen-bond acceptors (Lipinski definition) is 5. The summed E-state index contributed by atoms with van der Waals surface area (Å²) in [5.41, 5.74) is 5.50. The summed E-state index contributed by atoms with van der Waals surface area (Å²) >= 11 is 0. The molecule has 0 saturated heterocycles. The van der Waals surface area contributed by atoms with Crippen LogP contribution in [-0.2, 0) is 13.2 Å². The Kier molecular flexibility index (Phi) is 4.33. The van der Waals surface area contributed by atoms with Crippen LogP contribution in [0.4, 0.5) is 23.5 Å². The molecule has 1 aliphatic heterocycles. The average molecular weight is 444 g/mol. The summed E-state index contributed by atoms with van der Waals surface area (Å²) in [6, 6.07) is 3.88. The first-order valence-corrected chi connectivity index (χ1v) is 9.73. The lowest BCUT2D eigenvalue weighted by atomic mass is 10.0. The molecule has 3 heterocycles. The maximum Gasteiger partial charge on any atom is 0.417 e. The number of fused-ring (bicyclic) bond motifs is 1. The van der Waals surface area contributed by atoms with Crippen molar-refractivity contribution in [1.82, 2.24) is 24.6 Å². The van der Waals surface area contributed by atoms with Crippen molar-refractivity contribution in [2.45, 2.75) is 25.1 Å². The third kappa shape index (κ3) is 3.29. The van der Waals surface area contributed by atoms with Crippen LogP contribution >= 0.6 is 0 Å². The lowest BCUT2D eigenvalue weighted by Gasteiger charge is -2.18. The van der Waals surface area contributed by atoms with Crippen LogP contribution in [0.25, 0.3) is 23.2 Å². The molecule has 0 unspecified atom stereocenters. The lowest BCUT2D eigenvalue weighted by molar-refractivity contribution is -0.137. The first kappa shape index (κ1) is 20.2. The highest BCUT2D eigenvalue weighted by molar-refractivity contribution is 6.14. The van der Waals surface area contributed by atoms with E-state index in [0.29, 0.717) is 24.6 Å². The Bertz CT molecular complexity index is 1290. The van der Waals surface area contributed by atoms with Crippen LogP contribution in [-0.4, -0.2) is 36.6 Å². The minimum Gasteiger partial charge on any atom is -0.368 e. The van der Waals surface area contributed by atoms with E-state index < -0.39 is 23.5 Å². The molecule has 1 aliphatic carbocycles. The maximum atomic E-state index is 13.6. The molecule has 1 aromatic carbocycles. The van der Waals surface area contributed by atoms with Gasteiger partial charge >= 0.3 is 6.18 Å². The van der Waals surface area contributed by atoms with Crippen molar-refractivity contribution in [2.75, 3.05) is 5.73 Å². The van der Waals surface area contributed by atoms with Crippen LogP contribution in [0.2, 0.25) is 0 Å². The lowest BCUT2D eigenvalue weighted by Crippen LogP contribution is -2.25. The Morgan fingerprint density at radius 1 is 1.16 bits per heavy atom. The van der Waals surface area contributed by atoms with Gasteiger partial charge in [0.05, 0.1) is 16.8 Å². The van der Waals surface area contributed by atoms with Crippen molar-refractivity contribution in [3.8, 4) is 11.4 Å². The summed E-state index contributed by atoms with van der Waals surface area (Å²) in [5, 5.41) is 4.27. The molecule has 0 spiro atoms. The van der Waals surface area contributed by atoms with Gasteiger partial charge in [-0.05, 0) is 42.7 Å². The Morgan fingerprint density at radius 3 is 2.50 bits per heavy atom. The molecule has 1 saturated carbocycles. The second-order valence-corrected chi connectivity index (χ2v) is 7.69. The predicted molar refractivity (Wildman–Crippen MR) is 107 cm³/mol. The highest BCUT2D eigenvalue weighted by atomic mass is 19.4. The van der Waals surface area contributed by atoms with Crippen LogP contribution in [0.1, 0.15) is 40.0 Å². The summed E-state index contributed by atoms with van der Waals surface area (Å²) in [4.78, 5) is 23.2. The molecule has 11 heteroatoms. The molecule has 0 bridgehead atoms. The van der Waals surface area contributed by atoms with Gasteiger partial charge in [0.25, 0.3) is 5.91 Å². The number of aromatic nitrogens is 4. The number of rotatable bonds is 3. The molecule has 0 atom stereocenters. The molecule has 0 radical (unpaired) electrons. The van der Waals surface area contributed by atoms with Crippen LogP contribution in [0.15, 0.2) is 30.5 Å². The molecule has 5 rings (SSSR count). The zero-order chi connectivity index (χ0) is 22.8. The first-order valence-electron chi connectivity index (χ1n) is 9.73. The quantitative estimate of drug-likeness (QED) is 0.622. The summed E-state index contributed by atoms with van der Waals surface area (Å²) in [7, 11) is 1.70. The van der Waals surface area contributed by atoms with Gasteiger partial charge in [0.1, 0.15) is 22.9 Å². The number of nitrogen functional groups attached to an aromatic ring is 1. The zero-order valence-electron chi connectivity index (χ0n) is 16.7. The molecule has 1 fully saturated rings. The predicted octanol–water partition coefficient (Wildman–Crippen LogP) is 3.73. The van der Waals surface area contributed by atoms with Gasteiger partial charge in [-0.1, -0.05) is 6.07 Å². The fourth-order valence-electron chi connectivity index (χ4n) is 3.82. The molecule has 2 N–H and O–H groups in total. The van der Waals surface area contributed by atoms with Crippen LogP contribution < -0.4 is 5.73 Å². The number of alkyl halides is 3. The number of anilines is 1. The van der Waals surface area contributed by atoms with Gasteiger partial charge < -0.3 is 10.6 Å². The molecule has 32 heavy (non-hydrogen) atoms. The number of nitrogens with zero attached hydrogens (tertiary/aromatic N) is 5. The Morgan fingerprint density at radius 2 is 1.88 bits per heavy atom. The highest BCUT2D eigenvalue weighted by Crippen LogP contribution is 2.45. The number of halogens is 4. The average Bonchev–Trinajstić information content (AvgIpc) is 3.39. The third-order valence-electron chi connectivity index (χ3n) is 5.34. The van der Waals surface area contributed by atoms with E-state index >= 15 is 0 Å². The van der Waals surface area contributed by atoms with Gasteiger partial charge in [0.15, 0.2) is 0 Å². The van der Waals surface area contributed by atoms with Gasteiger partial charge in [-0.3, -0.25) is 9.48 Å². The van der Waals surface area contributed by atoms with Gasteiger partial charge in [-0.25, -0.2) is 14.4 Å². The van der Waals surface area contributed by atoms with Crippen LogP contribution in [0.3, 0.4) is 0 Å². The van der Waals surface area contributed by atoms with Crippen molar-refractivity contribution in [1.29, 1.82) is 0 Å². The summed E-state index contributed by atoms with van der Waals surface area (Å²) < 4.78 is 55.8. The molecule has 2 aromatic heterocycles. The van der Waals surface area contributed by atoms with E-state index in [9.17, 15) is 22.4 Å². The van der Waals surface area contributed by atoms with Crippen LogP contribution in [0, 0.1) is 5.82 Å². The molecular formula is C21H16F4N6O. The smallest absolute Gasteiger partial charge is 0.368 e. The third-order valence-corrected chi connectivity index (χ3v) is 5.34. The van der Waals surface area contributed by atoms with E-state index in [1.165, 1.54) is 15.7 Å². The van der Waals surface area contributed by atoms with Gasteiger partial charge in [0.2, 0.25) is 5.95 Å². The van der Waals surface area contributed by atoms with Crippen LogP contribution in [0.5, 0.6) is 0 Å². The number of carbonyl (C=O) groups is 1. The van der Waals surface area contributed by atoms with Crippen molar-refractivity contribution >= 4 is 23.6 Å². The molecular weight excluding hydrogens is 428 g/mol. The van der Waals surface area contributed by atoms with E-state index in [1.807, 2.05) is 0 Å². The second kappa shape index (κ2) is 6.87. The van der Waals surface area contributed by atoms with E-state index in [4.69, 9.17) is 5.73 Å². The first-order chi connectivity index (χ1) is 15.1. The number of aryl methyl sites for hydroxylation is 1. The largest absolute Gasteiger partial charge is 0.417 e. The molecule has 164 valence electrons. The zero-order valence-corrected chi connectivity index (χ0v) is 16.7. The molecule has 3 aromatic rings. The molecule has 2 aliphatic rings. The van der Waals surface area contributed by atoms with Crippen molar-refractivity contribution < 1.29 is 22.4 Å². The van der Waals surface area contributed by atoms with E-state index in [-0.39, 0.29) is 40.2 Å². The standard InChI is InChI=1S/C21H16F4N6O/c1-30-7-6-14(29-30)17-16-18(28-20(26)27-17)15(31(19(16)32)12-4-5-12)8-10-2-3-11(22)9-13(10)21(23,24)25/h2-3,6-9,12H,4-5H2,1H3,(H2,26,27,28). The fraction of sp³-hybridized carbons (Fsp3) is 0.238. The normalized spacial score (nSPS) is 17.3. The maximum absolute atomic E-state index is 13.6. The van der Waals surface area contributed by atoms with Gasteiger partial charge in [-0.2, -0.15) is 18.3 Å². The van der Waals surface area contributed by atoms with Gasteiger partial charge in [0, 0.05) is 19.3 Å². The Balaban J connectivity index is 1.75. The second-order valence-electron chi connectivity index (χ2n) is 7.69. The minimum atomic E-state index is -4.78. The van der Waals surface area contributed by atoms with Gasteiger partial charge in [-0.15, -0.1) is 0 Å². The minimum absolute atomic E-state index is 0.131. The summed E-state index contributed by atoms with van der Waals surface area (Å²) in [6.45, 7) is 0. The fourth-order valence-corrected chi connectivity index (χ4v) is 3.82. The van der Waals surface area contributed by atoms with Crippen molar-refractivity contribution in [2.24, 2.45) is 7.05 Å². The summed E-state index contributed by atoms with van der Waals surface area (Å²) in [6.07, 6.45) is -0.501. The molecule has 1 amide bonds. The number of carbonyl (C=O) groups excluding carboxylic acids is 1. The van der Waals surface area contributed by atoms with E-state index in [0.717, 1.165) is 12.1 Å². The number of amides is 1. The Labute approximate surface area is 179 Å². The Hall–Kier alpha value is -3.76. The highest BCUT2D eigenvalue weighted by Gasteiger charge is 2.45. The van der Waals surface area contributed by atoms with Crippen molar-refractivity contribution in [3.63, 3.8) is 0 Å². The summed E-state index contributed by atoms with van der Waals surface area (Å²) in [5.74, 6) is -1.58. The number of benzene rings is 1. The number of nitrogens with two attached hydrogens (primary N) is 1. The van der Waals surface area contributed by atoms with Crippen molar-refractivity contribution in [3.05, 3.63) is 58.7 Å². The van der Waals surface area contributed by atoms with E-state index in [1.54, 1.807) is 19.3 Å². The SMILES string of the molecule is Cn1ccc(-c2nc(N)nc3c2C(=O)N(C2CC2)C3=Cc2ccc(F)cc2C(F)(F)F)n1. The topological polar surface area (TPSA) is 89.9 Å². The number of hydrogen-bond donors (Lipinski definition) is 1. The molecule has 7 nitrogen and oxygen atoms in total.